The van der Waals surface area contributed by atoms with Crippen LogP contribution in [0.25, 0.3) is 0 Å². The molecule has 1 atom stereocenters. The molecule has 3 heteroatoms. The van der Waals surface area contributed by atoms with Crippen LogP contribution >= 0.6 is 0 Å². The van der Waals surface area contributed by atoms with E-state index in [0.29, 0.717) is 0 Å². The van der Waals surface area contributed by atoms with Crippen molar-refractivity contribution in [3.05, 3.63) is 59.2 Å². The number of nitrogens with one attached hydrogen (secondary N) is 1. The molecule has 0 amide bonds. The van der Waals surface area contributed by atoms with Crippen molar-refractivity contribution in [2.75, 3.05) is 11.9 Å². The fourth-order valence-corrected chi connectivity index (χ4v) is 2.52. The number of ether oxygens (including phenoxy) is 1. The summed E-state index contributed by atoms with van der Waals surface area (Å²) >= 11 is 0. The van der Waals surface area contributed by atoms with E-state index in [4.69, 9.17) is 9.84 Å². The first-order chi connectivity index (χ1) is 9.76. The number of aliphatic hydroxyl groups is 1. The Labute approximate surface area is 119 Å². The van der Waals surface area contributed by atoms with Crippen molar-refractivity contribution >= 4 is 5.69 Å². The zero-order valence-corrected chi connectivity index (χ0v) is 11.6. The summed E-state index contributed by atoms with van der Waals surface area (Å²) in [5.74, 6) is 1.02. The van der Waals surface area contributed by atoms with Gasteiger partial charge in [0, 0.05) is 18.2 Å². The van der Waals surface area contributed by atoms with Gasteiger partial charge in [-0.15, -0.1) is 0 Å². The van der Waals surface area contributed by atoms with Crippen LogP contribution < -0.4 is 10.1 Å². The Morgan fingerprint density at radius 3 is 2.75 bits per heavy atom. The topological polar surface area (TPSA) is 41.5 Å². The Balaban J connectivity index is 1.73. The third kappa shape index (κ3) is 2.63. The summed E-state index contributed by atoms with van der Waals surface area (Å²) in [4.78, 5) is 0. The van der Waals surface area contributed by atoms with E-state index in [1.165, 1.54) is 11.1 Å². The Morgan fingerprint density at radius 2 is 2.00 bits per heavy atom. The molecule has 0 spiro atoms. The van der Waals surface area contributed by atoms with Gasteiger partial charge in [0.05, 0.1) is 13.2 Å². The third-order valence-electron chi connectivity index (χ3n) is 3.73. The molecule has 1 heterocycles. The molecule has 0 saturated heterocycles. The van der Waals surface area contributed by atoms with Gasteiger partial charge in [-0.1, -0.05) is 18.2 Å². The highest BCUT2D eigenvalue weighted by molar-refractivity contribution is 5.48. The normalized spacial score (nSPS) is 14.5. The van der Waals surface area contributed by atoms with Gasteiger partial charge in [0.15, 0.2) is 0 Å². The number of hydrogen-bond acceptors (Lipinski definition) is 3. The van der Waals surface area contributed by atoms with Crippen LogP contribution in [0.15, 0.2) is 42.5 Å². The molecule has 0 fully saturated rings. The Kier molecular flexibility index (Phi) is 3.61. The Morgan fingerprint density at radius 1 is 1.20 bits per heavy atom. The second-order valence-electron chi connectivity index (χ2n) is 5.19. The number of aliphatic hydroxyl groups excluding tert-OH is 1. The molecule has 2 N–H and O–H groups in total. The zero-order valence-electron chi connectivity index (χ0n) is 11.6. The second kappa shape index (κ2) is 5.55. The van der Waals surface area contributed by atoms with Gasteiger partial charge < -0.3 is 15.2 Å². The molecule has 0 saturated carbocycles. The molecular formula is C17H19NO2. The van der Waals surface area contributed by atoms with Gasteiger partial charge in [-0.3, -0.25) is 0 Å². The van der Waals surface area contributed by atoms with Gasteiger partial charge >= 0.3 is 0 Å². The van der Waals surface area contributed by atoms with E-state index < -0.39 is 0 Å². The summed E-state index contributed by atoms with van der Waals surface area (Å²) < 4.78 is 5.53. The molecule has 0 aromatic heterocycles. The van der Waals surface area contributed by atoms with Crippen molar-refractivity contribution in [2.45, 2.75) is 26.0 Å². The molecule has 3 nitrogen and oxygen atoms in total. The Hall–Kier alpha value is -2.00. The molecule has 0 bridgehead atoms. The van der Waals surface area contributed by atoms with Crippen molar-refractivity contribution in [3.63, 3.8) is 0 Å². The van der Waals surface area contributed by atoms with E-state index in [0.717, 1.165) is 30.0 Å². The quantitative estimate of drug-likeness (QED) is 0.895. The highest BCUT2D eigenvalue weighted by atomic mass is 16.5. The molecule has 2 aromatic rings. The molecule has 3 rings (SSSR count). The maximum absolute atomic E-state index is 9.05. The summed E-state index contributed by atoms with van der Waals surface area (Å²) in [5, 5.41) is 12.5. The molecule has 104 valence electrons. The minimum absolute atomic E-state index is 0.0840. The van der Waals surface area contributed by atoms with Crippen LogP contribution in [-0.4, -0.2) is 11.7 Å². The minimum Gasteiger partial charge on any atom is -0.493 e. The predicted octanol–water partition coefficient (Wildman–Crippen LogP) is 3.29. The molecular weight excluding hydrogens is 250 g/mol. The molecule has 0 aliphatic carbocycles. The average Bonchev–Trinajstić information content (AvgIpc) is 2.95. The molecule has 20 heavy (non-hydrogen) atoms. The van der Waals surface area contributed by atoms with Crippen LogP contribution in [0.2, 0.25) is 0 Å². The molecule has 1 aliphatic heterocycles. The van der Waals surface area contributed by atoms with Gasteiger partial charge in [0.2, 0.25) is 0 Å². The largest absolute Gasteiger partial charge is 0.493 e. The van der Waals surface area contributed by atoms with Gasteiger partial charge in [0.25, 0.3) is 0 Å². The number of benzene rings is 2. The van der Waals surface area contributed by atoms with Crippen molar-refractivity contribution < 1.29 is 9.84 Å². The summed E-state index contributed by atoms with van der Waals surface area (Å²) in [7, 11) is 0. The zero-order chi connectivity index (χ0) is 13.9. The lowest BCUT2D eigenvalue weighted by atomic mass is 10.0. The summed E-state index contributed by atoms with van der Waals surface area (Å²) in [6.07, 6.45) is 1.00. The van der Waals surface area contributed by atoms with E-state index in [1.807, 2.05) is 24.3 Å². The minimum atomic E-state index is 0.0840. The van der Waals surface area contributed by atoms with Crippen molar-refractivity contribution in [1.82, 2.24) is 0 Å². The Bertz CT molecular complexity index is 592. The smallest absolute Gasteiger partial charge is 0.122 e. The molecule has 2 aromatic carbocycles. The van der Waals surface area contributed by atoms with Crippen molar-refractivity contribution in [2.24, 2.45) is 0 Å². The standard InChI is InChI=1S/C17H19NO2/c1-12(18-16-5-2-13(11-19)3-6-16)14-4-7-17-15(10-14)8-9-20-17/h2-7,10,12,18-19H,8-9,11H2,1H3. The third-order valence-corrected chi connectivity index (χ3v) is 3.73. The highest BCUT2D eigenvalue weighted by Gasteiger charge is 2.14. The number of anilines is 1. The second-order valence-corrected chi connectivity index (χ2v) is 5.19. The highest BCUT2D eigenvalue weighted by Crippen LogP contribution is 2.29. The summed E-state index contributed by atoms with van der Waals surface area (Å²) in [6, 6.07) is 14.5. The van der Waals surface area contributed by atoms with Crippen LogP contribution in [0.1, 0.15) is 29.7 Å². The monoisotopic (exact) mass is 269 g/mol. The van der Waals surface area contributed by atoms with Gasteiger partial charge in [-0.2, -0.15) is 0 Å². The summed E-state index contributed by atoms with van der Waals surface area (Å²) in [5.41, 5.74) is 4.55. The van der Waals surface area contributed by atoms with Gasteiger partial charge in [-0.05, 0) is 47.9 Å². The first kappa shape index (κ1) is 13.0. The SMILES string of the molecule is CC(Nc1ccc(CO)cc1)c1ccc2c(c1)CCO2. The molecule has 0 radical (unpaired) electrons. The van der Waals surface area contributed by atoms with Crippen LogP contribution in [0.5, 0.6) is 5.75 Å². The number of fused-ring (bicyclic) bond motifs is 1. The number of rotatable bonds is 4. The molecule has 1 unspecified atom stereocenters. The van der Waals surface area contributed by atoms with Crippen LogP contribution in [0.3, 0.4) is 0 Å². The fourth-order valence-electron chi connectivity index (χ4n) is 2.52. The van der Waals surface area contributed by atoms with E-state index >= 15 is 0 Å². The van der Waals surface area contributed by atoms with Crippen molar-refractivity contribution in [3.8, 4) is 5.75 Å². The van der Waals surface area contributed by atoms with Gasteiger partial charge in [-0.25, -0.2) is 0 Å². The van der Waals surface area contributed by atoms with E-state index in [9.17, 15) is 0 Å². The lowest BCUT2D eigenvalue weighted by Gasteiger charge is -2.16. The maximum atomic E-state index is 9.05. The number of hydrogen-bond donors (Lipinski definition) is 2. The molecule has 1 aliphatic rings. The summed E-state index contributed by atoms with van der Waals surface area (Å²) in [6.45, 7) is 3.03. The van der Waals surface area contributed by atoms with Crippen LogP contribution in [0, 0.1) is 0 Å². The fraction of sp³-hybridized carbons (Fsp3) is 0.294. The first-order valence-corrected chi connectivity index (χ1v) is 6.98. The lowest BCUT2D eigenvalue weighted by Crippen LogP contribution is -2.06. The van der Waals surface area contributed by atoms with Crippen LogP contribution in [0.4, 0.5) is 5.69 Å². The average molecular weight is 269 g/mol. The van der Waals surface area contributed by atoms with E-state index in [2.05, 4.69) is 30.4 Å². The van der Waals surface area contributed by atoms with Gasteiger partial charge in [0.1, 0.15) is 5.75 Å². The van der Waals surface area contributed by atoms with Crippen LogP contribution in [-0.2, 0) is 13.0 Å². The first-order valence-electron chi connectivity index (χ1n) is 6.98. The van der Waals surface area contributed by atoms with E-state index in [-0.39, 0.29) is 12.6 Å². The maximum Gasteiger partial charge on any atom is 0.122 e. The van der Waals surface area contributed by atoms with Crippen molar-refractivity contribution in [1.29, 1.82) is 0 Å². The van der Waals surface area contributed by atoms with E-state index in [1.54, 1.807) is 0 Å². The predicted molar refractivity (Wildman–Crippen MR) is 80.0 cm³/mol. The lowest BCUT2D eigenvalue weighted by molar-refractivity contribution is 0.282.